The zero-order chi connectivity index (χ0) is 19.6. The highest BCUT2D eigenvalue weighted by molar-refractivity contribution is 5.49. The van der Waals surface area contributed by atoms with E-state index in [4.69, 9.17) is 4.98 Å². The number of fused-ring (bicyclic) bond motifs is 1. The molecule has 0 fully saturated rings. The van der Waals surface area contributed by atoms with Crippen LogP contribution in [0, 0.1) is 0 Å². The Hall–Kier alpha value is -2.18. The Morgan fingerprint density at radius 2 is 1.89 bits per heavy atom. The molecule has 6 heteroatoms. The van der Waals surface area contributed by atoms with Crippen molar-refractivity contribution in [1.82, 2.24) is 9.97 Å². The van der Waals surface area contributed by atoms with E-state index in [1.807, 2.05) is 13.0 Å². The molecule has 0 aliphatic carbocycles. The first-order chi connectivity index (χ1) is 12.9. The number of rotatable bonds is 6. The molecule has 0 radical (unpaired) electrons. The smallest absolute Gasteiger partial charge is 0.225 e. The highest BCUT2D eigenvalue weighted by Crippen LogP contribution is 2.28. The molecule has 6 nitrogen and oxygen atoms in total. The molecule has 1 aliphatic heterocycles. The zero-order valence-electron chi connectivity index (χ0n) is 16.6. The molecule has 1 aromatic carbocycles. The molecule has 3 N–H and O–H groups in total. The number of aliphatic hydroxyl groups excluding tert-OH is 2. The van der Waals surface area contributed by atoms with E-state index in [2.05, 4.69) is 47.2 Å². The lowest BCUT2D eigenvalue weighted by molar-refractivity contribution is 0.199. The normalized spacial score (nSPS) is 16.2. The van der Waals surface area contributed by atoms with Gasteiger partial charge < -0.3 is 20.4 Å². The van der Waals surface area contributed by atoms with Gasteiger partial charge in [0.15, 0.2) is 0 Å². The molecule has 1 aromatic heterocycles. The van der Waals surface area contributed by atoms with Crippen LogP contribution in [-0.4, -0.2) is 39.4 Å². The van der Waals surface area contributed by atoms with Crippen LogP contribution in [0.5, 0.6) is 0 Å². The van der Waals surface area contributed by atoms with E-state index in [-0.39, 0.29) is 12.6 Å². The standard InChI is InChI=1S/C21H30N4O2/c1-13(2)19-10-20(24-21(23-19)22-14(3)12-26)25-8-7-17-9-16(15(4)27)5-6-18(17)11-25/h5-6,9-10,13-15,26-27H,7-8,11-12H2,1-4H3,(H,22,23,24)/t14-,15+/m1/s1. The van der Waals surface area contributed by atoms with Crippen LogP contribution >= 0.6 is 0 Å². The van der Waals surface area contributed by atoms with Crippen molar-refractivity contribution in [3.8, 4) is 0 Å². The number of aromatic nitrogens is 2. The van der Waals surface area contributed by atoms with Gasteiger partial charge in [-0.25, -0.2) is 4.98 Å². The first kappa shape index (κ1) is 19.6. The average molecular weight is 370 g/mol. The van der Waals surface area contributed by atoms with Gasteiger partial charge >= 0.3 is 0 Å². The molecule has 0 amide bonds. The monoisotopic (exact) mass is 370 g/mol. The van der Waals surface area contributed by atoms with E-state index in [0.29, 0.717) is 11.9 Å². The second kappa shape index (κ2) is 8.23. The van der Waals surface area contributed by atoms with Crippen LogP contribution in [0.3, 0.4) is 0 Å². The van der Waals surface area contributed by atoms with Gasteiger partial charge in [-0.2, -0.15) is 4.98 Å². The third kappa shape index (κ3) is 4.57. The van der Waals surface area contributed by atoms with E-state index >= 15 is 0 Å². The van der Waals surface area contributed by atoms with Gasteiger partial charge in [0.05, 0.1) is 18.4 Å². The minimum Gasteiger partial charge on any atom is -0.394 e. The van der Waals surface area contributed by atoms with Crippen molar-refractivity contribution in [1.29, 1.82) is 0 Å². The quantitative estimate of drug-likeness (QED) is 0.725. The fourth-order valence-electron chi connectivity index (χ4n) is 3.27. The molecule has 2 atom stereocenters. The molecule has 3 rings (SSSR count). The van der Waals surface area contributed by atoms with Gasteiger partial charge in [0, 0.05) is 25.2 Å². The van der Waals surface area contributed by atoms with Crippen molar-refractivity contribution < 1.29 is 10.2 Å². The van der Waals surface area contributed by atoms with E-state index in [9.17, 15) is 10.2 Å². The van der Waals surface area contributed by atoms with E-state index < -0.39 is 6.10 Å². The molecular formula is C21H30N4O2. The molecule has 1 aliphatic rings. The van der Waals surface area contributed by atoms with Gasteiger partial charge in [-0.3, -0.25) is 0 Å². The lowest BCUT2D eigenvalue weighted by Crippen LogP contribution is -2.32. The van der Waals surface area contributed by atoms with Gasteiger partial charge in [-0.1, -0.05) is 32.0 Å². The molecule has 146 valence electrons. The van der Waals surface area contributed by atoms with Crippen LogP contribution in [0.25, 0.3) is 0 Å². The lowest BCUT2D eigenvalue weighted by atomic mass is 9.95. The van der Waals surface area contributed by atoms with Gasteiger partial charge in [0.1, 0.15) is 5.82 Å². The van der Waals surface area contributed by atoms with Gasteiger partial charge in [0.25, 0.3) is 0 Å². The number of benzene rings is 1. The summed E-state index contributed by atoms with van der Waals surface area (Å²) in [5, 5.41) is 22.3. The summed E-state index contributed by atoms with van der Waals surface area (Å²) in [6.45, 7) is 9.64. The minimum absolute atomic E-state index is 0.0350. The molecule has 0 bridgehead atoms. The molecule has 0 unspecified atom stereocenters. The Labute approximate surface area is 161 Å². The lowest BCUT2D eigenvalue weighted by Gasteiger charge is -2.31. The number of nitrogens with one attached hydrogen (secondary N) is 1. The molecule has 2 heterocycles. The fraction of sp³-hybridized carbons (Fsp3) is 0.524. The van der Waals surface area contributed by atoms with Crippen molar-refractivity contribution in [3.63, 3.8) is 0 Å². The highest BCUT2D eigenvalue weighted by atomic mass is 16.3. The Morgan fingerprint density at radius 1 is 1.11 bits per heavy atom. The number of nitrogens with zero attached hydrogens (tertiary/aromatic N) is 3. The molecule has 2 aromatic rings. The summed E-state index contributed by atoms with van der Waals surface area (Å²) in [6, 6.07) is 8.20. The maximum absolute atomic E-state index is 9.81. The second-order valence-corrected chi connectivity index (χ2v) is 7.73. The average Bonchev–Trinajstić information content (AvgIpc) is 2.66. The van der Waals surface area contributed by atoms with Gasteiger partial charge in [0.2, 0.25) is 5.95 Å². The van der Waals surface area contributed by atoms with E-state index in [1.54, 1.807) is 6.92 Å². The van der Waals surface area contributed by atoms with Crippen molar-refractivity contribution in [2.45, 2.75) is 58.7 Å². The van der Waals surface area contributed by atoms with Crippen LogP contribution in [0.4, 0.5) is 11.8 Å². The van der Waals surface area contributed by atoms with E-state index in [0.717, 1.165) is 36.6 Å². The van der Waals surface area contributed by atoms with Crippen molar-refractivity contribution in [2.24, 2.45) is 0 Å². The van der Waals surface area contributed by atoms with Crippen LogP contribution in [-0.2, 0) is 13.0 Å². The van der Waals surface area contributed by atoms with Crippen LogP contribution in [0.2, 0.25) is 0 Å². The van der Waals surface area contributed by atoms with Crippen molar-refractivity contribution >= 4 is 11.8 Å². The fourth-order valence-corrected chi connectivity index (χ4v) is 3.27. The Bertz CT molecular complexity index is 792. The van der Waals surface area contributed by atoms with Crippen molar-refractivity contribution in [3.05, 3.63) is 46.6 Å². The van der Waals surface area contributed by atoms with Gasteiger partial charge in [-0.15, -0.1) is 0 Å². The summed E-state index contributed by atoms with van der Waals surface area (Å²) in [5.41, 5.74) is 4.53. The third-order valence-electron chi connectivity index (χ3n) is 5.02. The molecule has 0 saturated heterocycles. The largest absolute Gasteiger partial charge is 0.394 e. The summed E-state index contributed by atoms with van der Waals surface area (Å²) >= 11 is 0. The van der Waals surface area contributed by atoms with E-state index in [1.165, 1.54) is 11.1 Å². The summed E-state index contributed by atoms with van der Waals surface area (Å²) in [6.07, 6.45) is 0.484. The van der Waals surface area contributed by atoms with Crippen molar-refractivity contribution in [2.75, 3.05) is 23.4 Å². The first-order valence-corrected chi connectivity index (χ1v) is 9.68. The summed E-state index contributed by atoms with van der Waals surface area (Å²) < 4.78 is 0. The highest BCUT2D eigenvalue weighted by Gasteiger charge is 2.20. The van der Waals surface area contributed by atoms with Crippen LogP contribution < -0.4 is 10.2 Å². The molecule has 27 heavy (non-hydrogen) atoms. The Balaban J connectivity index is 1.87. The maximum Gasteiger partial charge on any atom is 0.225 e. The van der Waals surface area contributed by atoms with Crippen LogP contribution in [0.15, 0.2) is 24.3 Å². The number of hydrogen-bond donors (Lipinski definition) is 3. The SMILES string of the molecule is CC(C)c1cc(N2CCc3cc([C@H](C)O)ccc3C2)nc(N[C@H](C)CO)n1. The molecule has 0 saturated carbocycles. The Morgan fingerprint density at radius 3 is 2.56 bits per heavy atom. The number of hydrogen-bond acceptors (Lipinski definition) is 6. The Kier molecular flexibility index (Phi) is 5.97. The predicted molar refractivity (Wildman–Crippen MR) is 108 cm³/mol. The summed E-state index contributed by atoms with van der Waals surface area (Å²) in [5.74, 6) is 1.77. The third-order valence-corrected chi connectivity index (χ3v) is 5.02. The molecular weight excluding hydrogens is 340 g/mol. The van der Waals surface area contributed by atoms with Gasteiger partial charge in [-0.05, 0) is 42.9 Å². The molecule has 0 spiro atoms. The summed E-state index contributed by atoms with van der Waals surface area (Å²) in [4.78, 5) is 11.6. The zero-order valence-corrected chi connectivity index (χ0v) is 16.6. The second-order valence-electron chi connectivity index (χ2n) is 7.73. The minimum atomic E-state index is -0.439. The topological polar surface area (TPSA) is 81.5 Å². The predicted octanol–water partition coefficient (Wildman–Crippen LogP) is 3.01. The van der Waals surface area contributed by atoms with Crippen LogP contribution in [0.1, 0.15) is 62.1 Å². The summed E-state index contributed by atoms with van der Waals surface area (Å²) in [7, 11) is 0. The number of anilines is 2. The first-order valence-electron chi connectivity index (χ1n) is 9.68. The maximum atomic E-state index is 9.81. The number of aliphatic hydroxyl groups is 2.